The summed E-state index contributed by atoms with van der Waals surface area (Å²) in [4.78, 5) is 33.0. The van der Waals surface area contributed by atoms with E-state index in [0.29, 0.717) is 5.56 Å². The molecule has 0 aromatic carbocycles. The van der Waals surface area contributed by atoms with Crippen molar-refractivity contribution in [2.75, 3.05) is 0 Å². The molecule has 0 amide bonds. The predicted octanol–water partition coefficient (Wildman–Crippen LogP) is 2.08. The number of allylic oxidation sites excluding steroid dienone is 1. The molecular weight excluding hydrogens is 343 g/mol. The molecule has 4 nitrogen and oxygen atoms in total. The summed E-state index contributed by atoms with van der Waals surface area (Å²) in [5.74, 6) is -0.697. The molecule has 0 saturated carbocycles. The average Bonchev–Trinajstić information content (AvgIpc) is 2.35. The van der Waals surface area contributed by atoms with Gasteiger partial charge in [-0.1, -0.05) is 6.08 Å². The van der Waals surface area contributed by atoms with Crippen molar-refractivity contribution < 1.29 is 9.59 Å². The van der Waals surface area contributed by atoms with Crippen molar-refractivity contribution in [2.24, 2.45) is 10.9 Å². The number of ketones is 2. The van der Waals surface area contributed by atoms with Crippen LogP contribution < -0.4 is 0 Å². The zero-order chi connectivity index (χ0) is 12.9. The van der Waals surface area contributed by atoms with E-state index in [-0.39, 0.29) is 17.3 Å². The van der Waals surface area contributed by atoms with E-state index in [9.17, 15) is 9.59 Å². The normalized spacial score (nSPS) is 25.6. The molecule has 0 saturated heterocycles. The number of hydrogen-bond acceptors (Lipinski definition) is 4. The first kappa shape index (κ1) is 11.7. The fourth-order valence-electron chi connectivity index (χ4n) is 2.32. The zero-order valence-electron chi connectivity index (χ0n) is 9.55. The number of nitrogens with zero attached hydrogens (tertiary/aromatic N) is 2. The number of dihydropyridines is 1. The lowest BCUT2D eigenvalue weighted by Crippen LogP contribution is -2.41. The van der Waals surface area contributed by atoms with E-state index in [0.717, 1.165) is 9.14 Å². The monoisotopic (exact) mass is 352 g/mol. The Labute approximate surface area is 117 Å². The second-order valence-corrected chi connectivity index (χ2v) is 5.57. The fraction of sp³-hybridized carbons (Fsp3) is 0.231. The molecule has 90 valence electrons. The Bertz CT molecular complexity index is 634. The maximum Gasteiger partial charge on any atom is 0.191 e. The lowest BCUT2D eigenvalue weighted by Gasteiger charge is -2.28. The number of halogens is 1. The van der Waals surface area contributed by atoms with Crippen molar-refractivity contribution in [3.63, 3.8) is 0 Å². The number of Topliss-reactive ketones (excluding diaryl/α,β-unsaturated/α-hetero) is 2. The Morgan fingerprint density at radius 1 is 1.28 bits per heavy atom. The highest BCUT2D eigenvalue weighted by Gasteiger charge is 2.42. The number of carbonyl (C=O) groups is 2. The lowest BCUT2D eigenvalue weighted by molar-refractivity contribution is 0.0819. The third kappa shape index (κ3) is 1.57. The van der Waals surface area contributed by atoms with Crippen molar-refractivity contribution >= 4 is 40.4 Å². The first-order valence-corrected chi connectivity index (χ1v) is 6.62. The number of aliphatic imine (C=N–C) groups is 1. The van der Waals surface area contributed by atoms with Crippen LogP contribution in [0.25, 0.3) is 0 Å². The zero-order valence-corrected chi connectivity index (χ0v) is 11.7. The Hall–Kier alpha value is -1.37. The molecule has 0 N–H and O–H groups in total. The summed E-state index contributed by atoms with van der Waals surface area (Å²) in [5, 5.41) is 0. The van der Waals surface area contributed by atoms with E-state index in [1.165, 1.54) is 0 Å². The Morgan fingerprint density at radius 2 is 2.06 bits per heavy atom. The second kappa shape index (κ2) is 4.08. The molecule has 0 bridgehead atoms. The first-order chi connectivity index (χ1) is 8.59. The molecule has 1 aliphatic heterocycles. The third-order valence-corrected chi connectivity index (χ3v) is 4.07. The van der Waals surface area contributed by atoms with Crippen LogP contribution in [0.1, 0.15) is 27.8 Å². The van der Waals surface area contributed by atoms with E-state index in [1.807, 2.05) is 13.0 Å². The maximum atomic E-state index is 12.4. The predicted molar refractivity (Wildman–Crippen MR) is 75.1 cm³/mol. The third-order valence-electron chi connectivity index (χ3n) is 3.17. The summed E-state index contributed by atoms with van der Waals surface area (Å²) in [7, 11) is 0. The van der Waals surface area contributed by atoms with Crippen LogP contribution in [0.2, 0.25) is 0 Å². The first-order valence-electron chi connectivity index (χ1n) is 5.54. The minimum absolute atomic E-state index is 0.105. The molecule has 2 unspecified atom stereocenters. The van der Waals surface area contributed by atoms with Gasteiger partial charge in [0.15, 0.2) is 11.6 Å². The highest BCUT2D eigenvalue weighted by Crippen LogP contribution is 2.32. The molecule has 0 radical (unpaired) electrons. The van der Waals surface area contributed by atoms with Crippen molar-refractivity contribution in [3.05, 3.63) is 38.7 Å². The molecule has 18 heavy (non-hydrogen) atoms. The molecule has 0 spiro atoms. The highest BCUT2D eigenvalue weighted by molar-refractivity contribution is 14.1. The Kier molecular flexibility index (Phi) is 2.65. The number of hydrogen-bond donors (Lipinski definition) is 0. The lowest BCUT2D eigenvalue weighted by atomic mass is 9.79. The van der Waals surface area contributed by atoms with Gasteiger partial charge in [-0.3, -0.25) is 19.6 Å². The van der Waals surface area contributed by atoms with Crippen LogP contribution in [0, 0.1) is 9.49 Å². The van der Waals surface area contributed by atoms with Gasteiger partial charge < -0.3 is 0 Å². The number of aromatic nitrogens is 1. The molecule has 1 aromatic heterocycles. The van der Waals surface area contributed by atoms with Crippen LogP contribution in [-0.4, -0.2) is 28.8 Å². The van der Waals surface area contributed by atoms with Crippen molar-refractivity contribution in [1.29, 1.82) is 0 Å². The van der Waals surface area contributed by atoms with Crippen molar-refractivity contribution in [2.45, 2.75) is 13.0 Å². The largest absolute Gasteiger partial charge is 0.292 e. The van der Waals surface area contributed by atoms with Gasteiger partial charge in [-0.15, -0.1) is 0 Å². The summed E-state index contributed by atoms with van der Waals surface area (Å²) >= 11 is 2.06. The van der Waals surface area contributed by atoms with Crippen LogP contribution in [0.3, 0.4) is 0 Å². The number of rotatable bonds is 0. The summed E-state index contributed by atoms with van der Waals surface area (Å²) in [5.41, 5.74) is 1.62. The molecule has 3 rings (SSSR count). The van der Waals surface area contributed by atoms with Crippen LogP contribution in [0.4, 0.5) is 0 Å². The van der Waals surface area contributed by atoms with Gasteiger partial charge in [0.2, 0.25) is 0 Å². The smallest absolute Gasteiger partial charge is 0.191 e. The van der Waals surface area contributed by atoms with Crippen LogP contribution in [-0.2, 0) is 0 Å². The molecule has 2 atom stereocenters. The SMILES string of the molecule is CC1=CC2C(=O)c3nccc(I)c3C(=O)C2N=C1. The average molecular weight is 352 g/mol. The minimum Gasteiger partial charge on any atom is -0.292 e. The van der Waals surface area contributed by atoms with E-state index >= 15 is 0 Å². The van der Waals surface area contributed by atoms with E-state index < -0.39 is 12.0 Å². The van der Waals surface area contributed by atoms with Crippen LogP contribution in [0.5, 0.6) is 0 Å². The Balaban J connectivity index is 2.23. The van der Waals surface area contributed by atoms with Crippen LogP contribution >= 0.6 is 22.6 Å². The minimum atomic E-state index is -0.605. The van der Waals surface area contributed by atoms with Crippen molar-refractivity contribution in [1.82, 2.24) is 4.98 Å². The topological polar surface area (TPSA) is 59.4 Å². The molecule has 1 aromatic rings. The molecule has 0 fully saturated rings. The summed E-state index contributed by atoms with van der Waals surface area (Å²) < 4.78 is 0.760. The van der Waals surface area contributed by atoms with Crippen LogP contribution in [0.15, 0.2) is 28.9 Å². The molecule has 2 heterocycles. The summed E-state index contributed by atoms with van der Waals surface area (Å²) in [6, 6.07) is 1.13. The van der Waals surface area contributed by atoms with Gasteiger partial charge in [0.25, 0.3) is 0 Å². The second-order valence-electron chi connectivity index (χ2n) is 4.40. The molecular formula is C13H9IN2O2. The number of pyridine rings is 1. The van der Waals surface area contributed by atoms with Gasteiger partial charge >= 0.3 is 0 Å². The summed E-state index contributed by atoms with van der Waals surface area (Å²) in [6.07, 6.45) is 5.03. The van der Waals surface area contributed by atoms with Gasteiger partial charge in [0.1, 0.15) is 11.7 Å². The van der Waals surface area contributed by atoms with Gasteiger partial charge in [-0.2, -0.15) is 0 Å². The molecule has 5 heteroatoms. The standard InChI is InChI=1S/C13H9IN2O2/c1-6-4-7-10(16-5-6)13(18)9-8(14)2-3-15-11(9)12(7)17/h2-5,7,10H,1H3. The highest BCUT2D eigenvalue weighted by atomic mass is 127. The van der Waals surface area contributed by atoms with Gasteiger partial charge in [0, 0.05) is 16.0 Å². The summed E-state index contributed by atoms with van der Waals surface area (Å²) in [6.45, 7) is 1.87. The fourth-order valence-corrected chi connectivity index (χ4v) is 3.01. The number of carbonyl (C=O) groups excluding carboxylic acids is 2. The van der Waals surface area contributed by atoms with Gasteiger partial charge in [-0.25, -0.2) is 0 Å². The molecule has 2 aliphatic rings. The number of fused-ring (bicyclic) bond motifs is 2. The van der Waals surface area contributed by atoms with E-state index in [2.05, 4.69) is 32.6 Å². The van der Waals surface area contributed by atoms with Gasteiger partial charge in [-0.05, 0) is 41.2 Å². The maximum absolute atomic E-state index is 12.4. The molecule has 1 aliphatic carbocycles. The van der Waals surface area contributed by atoms with E-state index in [4.69, 9.17) is 0 Å². The van der Waals surface area contributed by atoms with E-state index in [1.54, 1.807) is 18.5 Å². The van der Waals surface area contributed by atoms with Crippen molar-refractivity contribution in [3.8, 4) is 0 Å². The Morgan fingerprint density at radius 3 is 2.83 bits per heavy atom. The quantitative estimate of drug-likeness (QED) is 0.672. The van der Waals surface area contributed by atoms with Gasteiger partial charge in [0.05, 0.1) is 11.5 Å².